The van der Waals surface area contributed by atoms with E-state index in [4.69, 9.17) is 43.4 Å². The Bertz CT molecular complexity index is 53.5. The van der Waals surface area contributed by atoms with Crippen molar-refractivity contribution in [2.45, 2.75) is 0 Å². The van der Waals surface area contributed by atoms with E-state index in [-0.39, 0.29) is 43.2 Å². The predicted octanol–water partition coefficient (Wildman–Crippen LogP) is -4.25. The smallest absolute Gasteiger partial charge is 0.0553 e. The molecule has 0 heterocycles. The van der Waals surface area contributed by atoms with Crippen LogP contribution < -0.4 is 22.9 Å². The summed E-state index contributed by atoms with van der Waals surface area (Å²) in [5.41, 5.74) is 19.1. The molecular weight excluding hydrogens is 275 g/mol. The van der Waals surface area contributed by atoms with E-state index in [1.54, 1.807) is 0 Å². The molecule has 12 N–H and O–H groups in total. The number of aliphatic hydroxyl groups excluding tert-OH is 4. The van der Waals surface area contributed by atoms with Gasteiger partial charge in [0.25, 0.3) is 0 Å². The largest absolute Gasteiger partial charge is 0.395 e. The van der Waals surface area contributed by atoms with Crippen LogP contribution in [0.5, 0.6) is 0 Å². The van der Waals surface area contributed by atoms with Gasteiger partial charge in [-0.25, -0.2) is 0 Å². The first kappa shape index (κ1) is 30.3. The summed E-state index contributed by atoms with van der Waals surface area (Å²) in [7, 11) is 0. The second kappa shape index (κ2) is 55.7. The molecule has 0 aromatic rings. The van der Waals surface area contributed by atoms with Crippen LogP contribution in [0.15, 0.2) is 0 Å². The molecule has 0 aliphatic heterocycles. The second-order valence-corrected chi connectivity index (χ2v) is 2.05. The van der Waals surface area contributed by atoms with Crippen LogP contribution in [0.4, 0.5) is 0 Å². The number of rotatable bonds is 4. The van der Waals surface area contributed by atoms with E-state index in [1.807, 2.05) is 0 Å². The van der Waals surface area contributed by atoms with E-state index in [2.05, 4.69) is 0 Å². The Labute approximate surface area is 113 Å². The molecule has 0 rings (SSSR count). The van der Waals surface area contributed by atoms with Gasteiger partial charge in [0.05, 0.1) is 26.4 Å². The molecule has 0 saturated heterocycles. The number of aliphatic hydroxyl groups is 4. The summed E-state index contributed by atoms with van der Waals surface area (Å²) in [5, 5.41) is 31.0. The normalized spacial score (nSPS) is 7.06. The van der Waals surface area contributed by atoms with Crippen molar-refractivity contribution < 1.29 is 37.2 Å². The molecule has 0 spiro atoms. The Morgan fingerprint density at radius 1 is 0.471 bits per heavy atom. The van der Waals surface area contributed by atoms with Gasteiger partial charge in [-0.05, 0) is 0 Å². The van der Waals surface area contributed by atoms with Gasteiger partial charge in [-0.2, -0.15) is 0 Å². The Morgan fingerprint density at radius 3 is 0.529 bits per heavy atom. The topological polar surface area (TPSA) is 185 Å². The Morgan fingerprint density at radius 2 is 0.529 bits per heavy atom. The standard InChI is InChI=1S/4C2H7NO.Co/c4*3-1-2-4;/h4*4H,1-3H2;. The zero-order valence-electron chi connectivity index (χ0n) is 10.1. The molecule has 0 aliphatic rings. The third-order valence-corrected chi connectivity index (χ3v) is 0.516. The molecule has 0 aromatic carbocycles. The number of hydrogen-bond donors (Lipinski definition) is 8. The Kier molecular flexibility index (Phi) is 99.3. The van der Waals surface area contributed by atoms with E-state index < -0.39 is 0 Å². The summed E-state index contributed by atoms with van der Waals surface area (Å²) in [6, 6.07) is 0. The van der Waals surface area contributed by atoms with Crippen molar-refractivity contribution in [2.75, 3.05) is 52.6 Å². The minimum Gasteiger partial charge on any atom is -0.395 e. The molecule has 0 bridgehead atoms. The first-order chi connectivity index (χ1) is 7.66. The molecule has 0 amide bonds. The van der Waals surface area contributed by atoms with Crippen molar-refractivity contribution in [3.8, 4) is 0 Å². The van der Waals surface area contributed by atoms with Crippen LogP contribution in [0.1, 0.15) is 0 Å². The van der Waals surface area contributed by atoms with Crippen molar-refractivity contribution in [1.29, 1.82) is 0 Å². The summed E-state index contributed by atoms with van der Waals surface area (Å²) in [5.74, 6) is 0. The van der Waals surface area contributed by atoms with Crippen LogP contribution in [-0.4, -0.2) is 73.0 Å². The van der Waals surface area contributed by atoms with Gasteiger partial charge >= 0.3 is 0 Å². The fourth-order valence-electron chi connectivity index (χ4n) is 0. The van der Waals surface area contributed by atoms with Crippen molar-refractivity contribution >= 4 is 0 Å². The van der Waals surface area contributed by atoms with Gasteiger partial charge in [0, 0.05) is 43.0 Å². The van der Waals surface area contributed by atoms with Gasteiger partial charge < -0.3 is 43.4 Å². The molecular formula is C8H28CoN4O4. The van der Waals surface area contributed by atoms with Gasteiger partial charge in [0.2, 0.25) is 0 Å². The summed E-state index contributed by atoms with van der Waals surface area (Å²) in [6.45, 7) is 1.89. The molecule has 9 heteroatoms. The molecule has 113 valence electrons. The Balaban J connectivity index is -0.0000000369. The molecule has 17 heavy (non-hydrogen) atoms. The molecule has 0 aromatic heterocycles. The number of hydrogen-bond acceptors (Lipinski definition) is 8. The number of nitrogens with two attached hydrogens (primary N) is 4. The zero-order chi connectivity index (χ0) is 13.7. The Hall–Kier alpha value is 0.186. The van der Waals surface area contributed by atoms with Gasteiger partial charge in [-0.3, -0.25) is 0 Å². The molecule has 0 saturated carbocycles. The maximum atomic E-state index is 7.75. The van der Waals surface area contributed by atoms with E-state index in [0.29, 0.717) is 26.2 Å². The van der Waals surface area contributed by atoms with Crippen molar-refractivity contribution in [1.82, 2.24) is 0 Å². The van der Waals surface area contributed by atoms with Crippen LogP contribution in [0.3, 0.4) is 0 Å². The predicted molar refractivity (Wildman–Crippen MR) is 64.6 cm³/mol. The minimum absolute atomic E-state index is 0. The van der Waals surface area contributed by atoms with Crippen LogP contribution in [0.2, 0.25) is 0 Å². The molecule has 0 aliphatic carbocycles. The average Bonchev–Trinajstić information content (AvgIpc) is 2.39. The molecule has 1 radical (unpaired) electrons. The molecule has 0 unspecified atom stereocenters. The van der Waals surface area contributed by atoms with Gasteiger partial charge in [0.15, 0.2) is 0 Å². The fraction of sp³-hybridized carbons (Fsp3) is 1.00. The third kappa shape index (κ3) is 186. The fourth-order valence-corrected chi connectivity index (χ4v) is 0. The minimum atomic E-state index is 0. The van der Waals surface area contributed by atoms with E-state index in [9.17, 15) is 0 Å². The first-order valence-electron chi connectivity index (χ1n) is 4.90. The molecule has 8 nitrogen and oxygen atoms in total. The molecule has 0 atom stereocenters. The van der Waals surface area contributed by atoms with Crippen molar-refractivity contribution in [3.63, 3.8) is 0 Å². The maximum Gasteiger partial charge on any atom is 0.0553 e. The van der Waals surface area contributed by atoms with Crippen LogP contribution in [0.25, 0.3) is 0 Å². The van der Waals surface area contributed by atoms with Gasteiger partial charge in [-0.15, -0.1) is 0 Å². The monoisotopic (exact) mass is 303 g/mol. The van der Waals surface area contributed by atoms with Crippen molar-refractivity contribution in [3.05, 3.63) is 0 Å². The van der Waals surface area contributed by atoms with E-state index in [0.717, 1.165) is 0 Å². The SMILES string of the molecule is NCCO.NCCO.NCCO.NCCO.[Co]. The van der Waals surface area contributed by atoms with Gasteiger partial charge in [-0.1, -0.05) is 0 Å². The summed E-state index contributed by atoms with van der Waals surface area (Å²) in [4.78, 5) is 0. The summed E-state index contributed by atoms with van der Waals surface area (Å²) in [6.07, 6.45) is 0. The molecule has 0 fully saturated rings. The average molecular weight is 303 g/mol. The van der Waals surface area contributed by atoms with E-state index >= 15 is 0 Å². The summed E-state index contributed by atoms with van der Waals surface area (Å²) < 4.78 is 0. The quantitative estimate of drug-likeness (QED) is 0.256. The third-order valence-electron chi connectivity index (χ3n) is 0.516. The summed E-state index contributed by atoms with van der Waals surface area (Å²) >= 11 is 0. The maximum absolute atomic E-state index is 7.75. The van der Waals surface area contributed by atoms with E-state index in [1.165, 1.54) is 0 Å². The van der Waals surface area contributed by atoms with Crippen LogP contribution in [0, 0.1) is 0 Å². The van der Waals surface area contributed by atoms with Gasteiger partial charge in [0.1, 0.15) is 0 Å². The van der Waals surface area contributed by atoms with Crippen LogP contribution in [-0.2, 0) is 16.8 Å². The van der Waals surface area contributed by atoms with Crippen LogP contribution >= 0.6 is 0 Å². The first-order valence-corrected chi connectivity index (χ1v) is 4.90. The van der Waals surface area contributed by atoms with Crippen molar-refractivity contribution in [2.24, 2.45) is 22.9 Å². The second-order valence-electron chi connectivity index (χ2n) is 2.05. The zero-order valence-corrected chi connectivity index (χ0v) is 11.1.